The summed E-state index contributed by atoms with van der Waals surface area (Å²) >= 11 is 10.8. The standard InChI is InChI=1S/C18H14BrIN4OS/c19-14-9-21-24(11-14)10-12-5-7-13(8-6-12)17(25)23-18(26)22-16-4-2-1-3-15(16)20/h1-9,11H,10H2,(H2,22,23,25,26). The Balaban J connectivity index is 1.59. The average Bonchev–Trinajstić information content (AvgIpc) is 3.02. The van der Waals surface area contributed by atoms with E-state index in [1.54, 1.807) is 18.3 Å². The van der Waals surface area contributed by atoms with E-state index in [1.807, 2.05) is 47.3 Å². The molecule has 0 bridgehead atoms. The first-order chi connectivity index (χ1) is 12.5. The van der Waals surface area contributed by atoms with E-state index in [-0.39, 0.29) is 11.0 Å². The van der Waals surface area contributed by atoms with Crippen molar-refractivity contribution in [2.45, 2.75) is 6.54 Å². The average molecular weight is 541 g/mol. The third-order valence-electron chi connectivity index (χ3n) is 3.51. The predicted octanol–water partition coefficient (Wildman–Crippen LogP) is 4.43. The van der Waals surface area contributed by atoms with Crippen molar-refractivity contribution in [1.82, 2.24) is 15.1 Å². The smallest absolute Gasteiger partial charge is 0.257 e. The number of amides is 1. The molecule has 1 amide bonds. The summed E-state index contributed by atoms with van der Waals surface area (Å²) in [5.41, 5.74) is 2.46. The number of hydrogen-bond donors (Lipinski definition) is 2. The number of nitrogens with zero attached hydrogens (tertiary/aromatic N) is 2. The summed E-state index contributed by atoms with van der Waals surface area (Å²) in [5.74, 6) is -0.248. The lowest BCUT2D eigenvalue weighted by atomic mass is 10.1. The molecule has 0 aliphatic heterocycles. The van der Waals surface area contributed by atoms with Crippen molar-refractivity contribution in [1.29, 1.82) is 0 Å². The molecule has 132 valence electrons. The second-order valence-corrected chi connectivity index (χ2v) is 7.93. The normalized spacial score (nSPS) is 10.4. The highest BCUT2D eigenvalue weighted by Gasteiger charge is 2.09. The molecule has 5 nitrogen and oxygen atoms in total. The minimum atomic E-state index is -0.248. The summed E-state index contributed by atoms with van der Waals surface area (Å²) < 4.78 is 3.78. The van der Waals surface area contributed by atoms with Crippen LogP contribution in [-0.4, -0.2) is 20.8 Å². The van der Waals surface area contributed by atoms with Crippen molar-refractivity contribution in [3.05, 3.63) is 80.1 Å². The van der Waals surface area contributed by atoms with Gasteiger partial charge in [-0.05, 0) is 80.6 Å². The van der Waals surface area contributed by atoms with Gasteiger partial charge in [0.15, 0.2) is 5.11 Å². The molecule has 0 radical (unpaired) electrons. The number of anilines is 1. The van der Waals surface area contributed by atoms with Gasteiger partial charge in [-0.3, -0.25) is 14.8 Å². The predicted molar refractivity (Wildman–Crippen MR) is 118 cm³/mol. The molecule has 0 aliphatic rings. The number of benzene rings is 2. The van der Waals surface area contributed by atoms with Crippen LogP contribution in [0.1, 0.15) is 15.9 Å². The molecule has 0 spiro atoms. The van der Waals surface area contributed by atoms with Gasteiger partial charge in [0.25, 0.3) is 5.91 Å². The first-order valence-corrected chi connectivity index (χ1v) is 9.93. The Morgan fingerprint density at radius 3 is 2.58 bits per heavy atom. The van der Waals surface area contributed by atoms with Crippen LogP contribution in [0.15, 0.2) is 65.4 Å². The van der Waals surface area contributed by atoms with Gasteiger partial charge in [0, 0.05) is 15.3 Å². The van der Waals surface area contributed by atoms with Crippen LogP contribution < -0.4 is 10.6 Å². The second-order valence-electron chi connectivity index (χ2n) is 5.44. The van der Waals surface area contributed by atoms with E-state index in [0.717, 1.165) is 19.3 Å². The number of rotatable bonds is 4. The van der Waals surface area contributed by atoms with Crippen LogP contribution in [0, 0.1) is 3.57 Å². The van der Waals surface area contributed by atoms with Crippen molar-refractivity contribution < 1.29 is 4.79 Å². The molecule has 0 fully saturated rings. The van der Waals surface area contributed by atoms with Crippen LogP contribution in [0.25, 0.3) is 0 Å². The van der Waals surface area contributed by atoms with Crippen LogP contribution in [0.4, 0.5) is 5.69 Å². The van der Waals surface area contributed by atoms with Crippen molar-refractivity contribution in [2.24, 2.45) is 0 Å². The van der Waals surface area contributed by atoms with Gasteiger partial charge < -0.3 is 5.32 Å². The third-order valence-corrected chi connectivity index (χ3v) is 5.07. The summed E-state index contributed by atoms with van der Waals surface area (Å²) in [5, 5.41) is 10.2. The zero-order valence-electron chi connectivity index (χ0n) is 13.4. The van der Waals surface area contributed by atoms with E-state index >= 15 is 0 Å². The summed E-state index contributed by atoms with van der Waals surface area (Å²) in [7, 11) is 0. The maximum absolute atomic E-state index is 12.3. The molecular weight excluding hydrogens is 527 g/mol. The van der Waals surface area contributed by atoms with Crippen LogP contribution in [0.5, 0.6) is 0 Å². The fraction of sp³-hybridized carbons (Fsp3) is 0.0556. The largest absolute Gasteiger partial charge is 0.332 e. The van der Waals surface area contributed by atoms with Crippen LogP contribution >= 0.6 is 50.7 Å². The Hall–Kier alpha value is -1.78. The van der Waals surface area contributed by atoms with Crippen LogP contribution in [-0.2, 0) is 6.54 Å². The second kappa shape index (κ2) is 8.74. The monoisotopic (exact) mass is 540 g/mol. The van der Waals surface area contributed by atoms with E-state index in [2.05, 4.69) is 54.3 Å². The Kier molecular flexibility index (Phi) is 6.38. The Labute approximate surface area is 178 Å². The highest BCUT2D eigenvalue weighted by atomic mass is 127. The number of carbonyl (C=O) groups excluding carboxylic acids is 1. The fourth-order valence-electron chi connectivity index (χ4n) is 2.26. The first kappa shape index (κ1) is 19.0. The molecule has 0 atom stereocenters. The number of nitrogens with one attached hydrogen (secondary N) is 2. The van der Waals surface area contributed by atoms with E-state index in [4.69, 9.17) is 12.2 Å². The summed E-state index contributed by atoms with van der Waals surface area (Å²) in [6, 6.07) is 15.1. The van der Waals surface area contributed by atoms with Crippen molar-refractivity contribution in [2.75, 3.05) is 5.32 Å². The number of carbonyl (C=O) groups is 1. The lowest BCUT2D eigenvalue weighted by Crippen LogP contribution is -2.34. The summed E-state index contributed by atoms with van der Waals surface area (Å²) in [6.45, 7) is 0.639. The van der Waals surface area contributed by atoms with Crippen LogP contribution in [0.3, 0.4) is 0 Å². The van der Waals surface area contributed by atoms with E-state index < -0.39 is 0 Å². The lowest BCUT2D eigenvalue weighted by molar-refractivity contribution is 0.0977. The van der Waals surface area contributed by atoms with Crippen LogP contribution in [0.2, 0.25) is 0 Å². The Bertz CT molecular complexity index is 942. The van der Waals surface area contributed by atoms with Crippen molar-refractivity contribution in [3.8, 4) is 0 Å². The molecule has 1 aromatic heterocycles. The highest BCUT2D eigenvalue weighted by molar-refractivity contribution is 14.1. The van der Waals surface area contributed by atoms with Gasteiger partial charge in [-0.15, -0.1) is 0 Å². The Morgan fingerprint density at radius 2 is 1.92 bits per heavy atom. The maximum atomic E-state index is 12.3. The number of aromatic nitrogens is 2. The summed E-state index contributed by atoms with van der Waals surface area (Å²) in [4.78, 5) is 12.3. The molecule has 0 aliphatic carbocycles. The number of thiocarbonyl (C=S) groups is 1. The minimum Gasteiger partial charge on any atom is -0.332 e. The topological polar surface area (TPSA) is 59.0 Å². The molecular formula is C18H14BrIN4OS. The molecule has 1 heterocycles. The van der Waals surface area contributed by atoms with Gasteiger partial charge in [0.1, 0.15) is 0 Å². The van der Waals surface area contributed by atoms with Gasteiger partial charge in [0.05, 0.1) is 22.9 Å². The van der Waals surface area contributed by atoms with Gasteiger partial charge in [-0.25, -0.2) is 0 Å². The maximum Gasteiger partial charge on any atom is 0.257 e. The fourth-order valence-corrected chi connectivity index (χ4v) is 3.32. The van der Waals surface area contributed by atoms with Gasteiger partial charge in [-0.2, -0.15) is 5.10 Å². The molecule has 8 heteroatoms. The molecule has 0 saturated heterocycles. The van der Waals surface area contributed by atoms with Crippen molar-refractivity contribution >= 4 is 67.4 Å². The molecule has 3 rings (SSSR count). The van der Waals surface area contributed by atoms with Gasteiger partial charge in [0.2, 0.25) is 0 Å². The Morgan fingerprint density at radius 1 is 1.19 bits per heavy atom. The first-order valence-electron chi connectivity index (χ1n) is 7.65. The summed E-state index contributed by atoms with van der Waals surface area (Å²) in [6.07, 6.45) is 3.64. The third kappa shape index (κ3) is 5.12. The number of halogens is 2. The number of para-hydroxylation sites is 1. The zero-order valence-corrected chi connectivity index (χ0v) is 18.0. The molecule has 3 aromatic rings. The molecule has 0 unspecified atom stereocenters. The molecule has 0 saturated carbocycles. The van der Waals surface area contributed by atoms with Gasteiger partial charge in [-0.1, -0.05) is 24.3 Å². The van der Waals surface area contributed by atoms with E-state index in [0.29, 0.717) is 12.1 Å². The zero-order chi connectivity index (χ0) is 18.5. The lowest BCUT2D eigenvalue weighted by Gasteiger charge is -2.11. The van der Waals surface area contributed by atoms with Gasteiger partial charge >= 0.3 is 0 Å². The minimum absolute atomic E-state index is 0.248. The molecule has 2 aromatic carbocycles. The SMILES string of the molecule is O=C(NC(=S)Nc1ccccc1I)c1ccc(Cn2cc(Br)cn2)cc1. The van der Waals surface area contributed by atoms with E-state index in [1.165, 1.54) is 0 Å². The molecule has 2 N–H and O–H groups in total. The van der Waals surface area contributed by atoms with E-state index in [9.17, 15) is 4.79 Å². The molecule has 26 heavy (non-hydrogen) atoms. The number of hydrogen-bond acceptors (Lipinski definition) is 3. The highest BCUT2D eigenvalue weighted by Crippen LogP contribution is 2.16. The quantitative estimate of drug-likeness (QED) is 0.380. The van der Waals surface area contributed by atoms with Crippen molar-refractivity contribution in [3.63, 3.8) is 0 Å².